The number of hydrogen-bond donors (Lipinski definition) is 2. The standard InChI is InChI=1S/C16H24BrNO2/c1-12(19)10-16(2,3)11-18-15(20)8-7-13-5-4-6-14(17)9-13/h4-6,9,12,19H,7-8,10-11H2,1-3H3,(H,18,20). The van der Waals surface area contributed by atoms with Crippen molar-refractivity contribution < 1.29 is 9.90 Å². The van der Waals surface area contributed by atoms with E-state index in [-0.39, 0.29) is 17.4 Å². The minimum atomic E-state index is -0.344. The number of nitrogens with one attached hydrogen (secondary N) is 1. The number of carbonyl (C=O) groups is 1. The Morgan fingerprint density at radius 1 is 1.45 bits per heavy atom. The maximum absolute atomic E-state index is 11.8. The molecule has 2 N–H and O–H groups in total. The van der Waals surface area contributed by atoms with Gasteiger partial charge in [-0.05, 0) is 42.9 Å². The number of aliphatic hydroxyl groups excluding tert-OH is 1. The molecule has 0 aliphatic rings. The first kappa shape index (κ1) is 17.2. The first-order valence-electron chi connectivity index (χ1n) is 6.98. The third kappa shape index (κ3) is 7.06. The molecule has 1 rings (SSSR count). The van der Waals surface area contributed by atoms with Crippen LogP contribution in [0.15, 0.2) is 28.7 Å². The molecule has 20 heavy (non-hydrogen) atoms. The molecule has 112 valence electrons. The summed E-state index contributed by atoms with van der Waals surface area (Å²) < 4.78 is 1.04. The summed E-state index contributed by atoms with van der Waals surface area (Å²) in [5.74, 6) is 0.0589. The molecule has 0 aliphatic heterocycles. The van der Waals surface area contributed by atoms with E-state index in [1.807, 2.05) is 38.1 Å². The molecule has 4 heteroatoms. The van der Waals surface area contributed by atoms with Crippen LogP contribution in [0.5, 0.6) is 0 Å². The van der Waals surface area contributed by atoms with Crippen LogP contribution in [0.25, 0.3) is 0 Å². The third-order valence-corrected chi connectivity index (χ3v) is 3.64. The third-order valence-electron chi connectivity index (χ3n) is 3.14. The maximum atomic E-state index is 11.8. The van der Waals surface area contributed by atoms with E-state index < -0.39 is 0 Å². The van der Waals surface area contributed by atoms with Crippen LogP contribution in [0.1, 0.15) is 39.2 Å². The molecule has 0 saturated carbocycles. The van der Waals surface area contributed by atoms with Crippen LogP contribution < -0.4 is 5.32 Å². The predicted octanol–water partition coefficient (Wildman–Crippen LogP) is 3.30. The van der Waals surface area contributed by atoms with E-state index in [4.69, 9.17) is 0 Å². The fraction of sp³-hybridized carbons (Fsp3) is 0.562. The van der Waals surface area contributed by atoms with Gasteiger partial charge in [0, 0.05) is 17.4 Å². The molecule has 3 nitrogen and oxygen atoms in total. The number of benzene rings is 1. The number of aryl methyl sites for hydroxylation is 1. The number of aliphatic hydroxyl groups is 1. The Hall–Kier alpha value is -0.870. The smallest absolute Gasteiger partial charge is 0.220 e. The van der Waals surface area contributed by atoms with Crippen molar-refractivity contribution in [2.75, 3.05) is 6.54 Å². The molecule has 0 spiro atoms. The molecule has 0 heterocycles. The van der Waals surface area contributed by atoms with E-state index >= 15 is 0 Å². The topological polar surface area (TPSA) is 49.3 Å². The van der Waals surface area contributed by atoms with Crippen LogP contribution in [0.4, 0.5) is 0 Å². The van der Waals surface area contributed by atoms with Crippen molar-refractivity contribution in [2.45, 2.75) is 46.1 Å². The monoisotopic (exact) mass is 341 g/mol. The second-order valence-corrected chi connectivity index (χ2v) is 7.04. The number of carbonyl (C=O) groups excluding carboxylic acids is 1. The van der Waals surface area contributed by atoms with Crippen molar-refractivity contribution in [3.05, 3.63) is 34.3 Å². The largest absolute Gasteiger partial charge is 0.393 e. The van der Waals surface area contributed by atoms with Crippen molar-refractivity contribution in [1.82, 2.24) is 5.32 Å². The minimum absolute atomic E-state index is 0.0589. The van der Waals surface area contributed by atoms with Gasteiger partial charge in [0.1, 0.15) is 0 Å². The van der Waals surface area contributed by atoms with Crippen molar-refractivity contribution >= 4 is 21.8 Å². The van der Waals surface area contributed by atoms with Gasteiger partial charge in [-0.3, -0.25) is 4.79 Å². The second kappa shape index (κ2) is 7.79. The Labute approximate surface area is 129 Å². The molecule has 0 radical (unpaired) electrons. The van der Waals surface area contributed by atoms with E-state index in [9.17, 15) is 9.90 Å². The first-order chi connectivity index (χ1) is 9.28. The van der Waals surface area contributed by atoms with Crippen molar-refractivity contribution in [2.24, 2.45) is 5.41 Å². The zero-order valence-electron chi connectivity index (χ0n) is 12.4. The lowest BCUT2D eigenvalue weighted by atomic mass is 9.87. The molecular formula is C16H24BrNO2. The van der Waals surface area contributed by atoms with Gasteiger partial charge in [0.15, 0.2) is 0 Å². The quantitative estimate of drug-likeness (QED) is 0.799. The highest BCUT2D eigenvalue weighted by atomic mass is 79.9. The summed E-state index contributed by atoms with van der Waals surface area (Å²) in [5, 5.41) is 12.4. The predicted molar refractivity (Wildman–Crippen MR) is 85.6 cm³/mol. The summed E-state index contributed by atoms with van der Waals surface area (Å²) in [6.45, 7) is 6.47. The van der Waals surface area contributed by atoms with Gasteiger partial charge in [0.2, 0.25) is 5.91 Å². The number of hydrogen-bond acceptors (Lipinski definition) is 2. The van der Waals surface area contributed by atoms with E-state index in [1.165, 1.54) is 0 Å². The van der Waals surface area contributed by atoms with Crippen LogP contribution in [-0.2, 0) is 11.2 Å². The lowest BCUT2D eigenvalue weighted by molar-refractivity contribution is -0.121. The molecule has 0 aliphatic carbocycles. The molecule has 1 amide bonds. The lowest BCUT2D eigenvalue weighted by Crippen LogP contribution is -2.35. The molecule has 1 aromatic carbocycles. The van der Waals surface area contributed by atoms with Crippen LogP contribution in [-0.4, -0.2) is 23.7 Å². The normalized spacial score (nSPS) is 13.1. The molecule has 0 aromatic heterocycles. The zero-order chi connectivity index (χ0) is 15.2. The Balaban J connectivity index is 2.34. The average molecular weight is 342 g/mol. The van der Waals surface area contributed by atoms with Gasteiger partial charge in [0.05, 0.1) is 6.10 Å². The van der Waals surface area contributed by atoms with Gasteiger partial charge in [0.25, 0.3) is 0 Å². The fourth-order valence-electron chi connectivity index (χ4n) is 2.25. The van der Waals surface area contributed by atoms with Gasteiger partial charge in [-0.25, -0.2) is 0 Å². The Kier molecular flexibility index (Phi) is 6.69. The molecule has 0 saturated heterocycles. The van der Waals surface area contributed by atoms with Gasteiger partial charge >= 0.3 is 0 Å². The molecular weight excluding hydrogens is 318 g/mol. The summed E-state index contributed by atoms with van der Waals surface area (Å²) in [6, 6.07) is 8.01. The second-order valence-electron chi connectivity index (χ2n) is 6.12. The van der Waals surface area contributed by atoms with E-state index in [1.54, 1.807) is 6.92 Å². The lowest BCUT2D eigenvalue weighted by Gasteiger charge is -2.26. The highest BCUT2D eigenvalue weighted by Crippen LogP contribution is 2.21. The van der Waals surface area contributed by atoms with Crippen molar-refractivity contribution in [3.63, 3.8) is 0 Å². The molecule has 1 aromatic rings. The molecule has 1 atom stereocenters. The number of amides is 1. The number of halogens is 1. The zero-order valence-corrected chi connectivity index (χ0v) is 14.0. The van der Waals surface area contributed by atoms with Crippen LogP contribution in [0, 0.1) is 5.41 Å². The Morgan fingerprint density at radius 2 is 2.15 bits per heavy atom. The maximum Gasteiger partial charge on any atom is 0.220 e. The molecule has 1 unspecified atom stereocenters. The summed E-state index contributed by atoms with van der Waals surface area (Å²) in [6.07, 6.45) is 1.56. The summed E-state index contributed by atoms with van der Waals surface area (Å²) in [5.41, 5.74) is 1.07. The Morgan fingerprint density at radius 3 is 2.75 bits per heavy atom. The first-order valence-corrected chi connectivity index (χ1v) is 7.77. The molecule has 0 bridgehead atoms. The van der Waals surface area contributed by atoms with E-state index in [2.05, 4.69) is 21.2 Å². The van der Waals surface area contributed by atoms with E-state index in [0.29, 0.717) is 19.4 Å². The average Bonchev–Trinajstić information content (AvgIpc) is 2.32. The van der Waals surface area contributed by atoms with Crippen LogP contribution >= 0.6 is 15.9 Å². The van der Waals surface area contributed by atoms with Crippen LogP contribution in [0.2, 0.25) is 0 Å². The highest BCUT2D eigenvalue weighted by Gasteiger charge is 2.20. The minimum Gasteiger partial charge on any atom is -0.393 e. The SMILES string of the molecule is CC(O)CC(C)(C)CNC(=O)CCc1cccc(Br)c1. The summed E-state index contributed by atoms with van der Waals surface area (Å²) in [4.78, 5) is 11.8. The van der Waals surface area contributed by atoms with Crippen molar-refractivity contribution in [3.8, 4) is 0 Å². The van der Waals surface area contributed by atoms with Crippen LogP contribution in [0.3, 0.4) is 0 Å². The number of rotatable bonds is 7. The fourth-order valence-corrected chi connectivity index (χ4v) is 2.70. The van der Waals surface area contributed by atoms with Gasteiger partial charge in [-0.15, -0.1) is 0 Å². The highest BCUT2D eigenvalue weighted by molar-refractivity contribution is 9.10. The molecule has 0 fully saturated rings. The van der Waals surface area contributed by atoms with Gasteiger partial charge in [-0.2, -0.15) is 0 Å². The van der Waals surface area contributed by atoms with Gasteiger partial charge in [-0.1, -0.05) is 41.9 Å². The summed E-state index contributed by atoms with van der Waals surface area (Å²) in [7, 11) is 0. The summed E-state index contributed by atoms with van der Waals surface area (Å²) >= 11 is 3.42. The Bertz CT molecular complexity index is 444. The van der Waals surface area contributed by atoms with E-state index in [0.717, 1.165) is 16.5 Å². The van der Waals surface area contributed by atoms with Crippen molar-refractivity contribution in [1.29, 1.82) is 0 Å². The van der Waals surface area contributed by atoms with Gasteiger partial charge < -0.3 is 10.4 Å².